The molecule has 0 N–H and O–H groups in total. The Bertz CT molecular complexity index is 2330. The summed E-state index contributed by atoms with van der Waals surface area (Å²) in [5.41, 5.74) is 6.61. The van der Waals surface area contributed by atoms with Crippen molar-refractivity contribution in [3.63, 3.8) is 0 Å². The third-order valence-electron chi connectivity index (χ3n) is 7.79. The molecule has 8 rings (SSSR count). The molecule has 0 saturated carbocycles. The highest BCUT2D eigenvalue weighted by molar-refractivity contribution is 9.11. The minimum Gasteiger partial charge on any atom is -0.219 e. The second kappa shape index (κ2) is 13.4. The van der Waals surface area contributed by atoms with Crippen LogP contribution in [0.3, 0.4) is 0 Å². The molecule has 0 aliphatic rings. The first-order chi connectivity index (χ1) is 23.5. The van der Waals surface area contributed by atoms with Crippen LogP contribution in [0.15, 0.2) is 143 Å². The van der Waals surface area contributed by atoms with Crippen LogP contribution in [-0.4, -0.2) is 30.0 Å². The van der Waals surface area contributed by atoms with Crippen LogP contribution in [0, 0.1) is 22.7 Å². The second-order valence-electron chi connectivity index (χ2n) is 10.7. The zero-order chi connectivity index (χ0) is 33.0. The van der Waals surface area contributed by atoms with Gasteiger partial charge >= 0.3 is 0 Å². The molecular formula is C38H22Br2N8. The predicted octanol–water partition coefficient (Wildman–Crippen LogP) is 9.44. The zero-order valence-electron chi connectivity index (χ0n) is 25.0. The summed E-state index contributed by atoms with van der Waals surface area (Å²) >= 11 is 7.17. The summed E-state index contributed by atoms with van der Waals surface area (Å²) < 4.78 is 5.66. The van der Waals surface area contributed by atoms with E-state index in [9.17, 15) is 0 Å². The van der Waals surface area contributed by atoms with Gasteiger partial charge < -0.3 is 0 Å². The number of nitrogens with zero attached hydrogens (tertiary/aromatic N) is 8. The van der Waals surface area contributed by atoms with Crippen LogP contribution in [0.25, 0.3) is 55.4 Å². The van der Waals surface area contributed by atoms with Gasteiger partial charge in [-0.25, -0.2) is 9.36 Å². The lowest BCUT2D eigenvalue weighted by atomic mass is 10.1. The fourth-order valence-electron chi connectivity index (χ4n) is 5.37. The monoisotopic (exact) mass is 748 g/mol. The van der Waals surface area contributed by atoms with E-state index in [-0.39, 0.29) is 0 Å². The molecule has 8 aromatic rings. The average molecular weight is 750 g/mol. The van der Waals surface area contributed by atoms with E-state index in [0.717, 1.165) is 64.4 Å². The van der Waals surface area contributed by atoms with E-state index in [0.29, 0.717) is 11.1 Å². The van der Waals surface area contributed by atoms with E-state index in [2.05, 4.69) is 88.9 Å². The van der Waals surface area contributed by atoms with Crippen LogP contribution in [0.4, 0.5) is 0 Å². The van der Waals surface area contributed by atoms with Gasteiger partial charge in [0.2, 0.25) is 0 Å². The lowest BCUT2D eigenvalue weighted by molar-refractivity contribution is 0.809. The predicted molar refractivity (Wildman–Crippen MR) is 193 cm³/mol. The maximum atomic E-state index is 8.89. The molecule has 0 bridgehead atoms. The Hall–Kier alpha value is -5.94. The Kier molecular flexibility index (Phi) is 8.59. The van der Waals surface area contributed by atoms with Crippen molar-refractivity contribution >= 4 is 53.4 Å². The summed E-state index contributed by atoms with van der Waals surface area (Å²) in [7, 11) is 0. The molecule has 0 saturated heterocycles. The Morgan fingerprint density at radius 1 is 0.458 bits per heavy atom. The topological polar surface area (TPSA) is 109 Å². The summed E-state index contributed by atoms with van der Waals surface area (Å²) in [4.78, 5) is 0. The number of rotatable bonds is 4. The van der Waals surface area contributed by atoms with Crippen molar-refractivity contribution in [1.82, 2.24) is 30.0 Å². The van der Waals surface area contributed by atoms with E-state index in [1.54, 1.807) is 33.6 Å². The number of halogens is 2. The molecule has 8 nitrogen and oxygen atoms in total. The summed E-state index contributed by atoms with van der Waals surface area (Å²) in [5, 5.41) is 39.3. The number of hydrogen-bond donors (Lipinski definition) is 0. The van der Waals surface area contributed by atoms with Gasteiger partial charge in [-0.3, -0.25) is 0 Å². The first kappa shape index (κ1) is 30.7. The molecule has 10 heteroatoms. The highest BCUT2D eigenvalue weighted by Crippen LogP contribution is 2.30. The normalized spacial score (nSPS) is 10.7. The fraction of sp³-hybridized carbons (Fsp3) is 0. The molecule has 0 atom stereocenters. The first-order valence-corrected chi connectivity index (χ1v) is 16.3. The molecule has 2 heterocycles. The molecule has 2 aromatic heterocycles. The van der Waals surface area contributed by atoms with Crippen molar-refractivity contribution < 1.29 is 0 Å². The SMILES string of the molecule is N#Cc1ccc(-c2cn(-c3cccc4c(Br)cccc34)nn2)cc1.N#Cc1ccc(-c2cn(-c3cccc4c(Br)cccc34)nn2)cc1. The minimum absolute atomic E-state index is 0.630. The molecular weight excluding hydrogens is 728 g/mol. The van der Waals surface area contributed by atoms with Gasteiger partial charge in [0.1, 0.15) is 11.4 Å². The number of nitriles is 2. The third kappa shape index (κ3) is 6.10. The number of fused-ring (bicyclic) bond motifs is 2. The number of hydrogen-bond acceptors (Lipinski definition) is 6. The van der Waals surface area contributed by atoms with E-state index in [1.165, 1.54) is 0 Å². The smallest absolute Gasteiger partial charge is 0.113 e. The van der Waals surface area contributed by atoms with Gasteiger partial charge in [0.25, 0.3) is 0 Å². The quantitative estimate of drug-likeness (QED) is 0.177. The average Bonchev–Trinajstić information content (AvgIpc) is 3.83. The minimum atomic E-state index is 0.630. The molecule has 6 aromatic carbocycles. The van der Waals surface area contributed by atoms with Gasteiger partial charge in [-0.1, -0.05) is 115 Å². The molecule has 0 fully saturated rings. The molecule has 0 spiro atoms. The Balaban J connectivity index is 0.000000152. The Morgan fingerprint density at radius 2 is 0.833 bits per heavy atom. The van der Waals surface area contributed by atoms with Crippen molar-refractivity contribution in [2.24, 2.45) is 0 Å². The van der Waals surface area contributed by atoms with E-state index < -0.39 is 0 Å². The van der Waals surface area contributed by atoms with Crippen LogP contribution in [0.2, 0.25) is 0 Å². The van der Waals surface area contributed by atoms with Crippen molar-refractivity contribution in [3.8, 4) is 46.0 Å². The molecule has 0 aliphatic heterocycles. The van der Waals surface area contributed by atoms with Gasteiger partial charge in [0.15, 0.2) is 0 Å². The summed E-state index contributed by atoms with van der Waals surface area (Å²) in [5.74, 6) is 0. The standard InChI is InChI=1S/2C19H11BrN4/c2*20-17-5-1-4-16-15(17)3-2-6-19(16)24-12-18(22-23-24)14-9-7-13(11-21)8-10-14/h2*1-10,12H. The van der Waals surface area contributed by atoms with Crippen LogP contribution < -0.4 is 0 Å². The zero-order valence-corrected chi connectivity index (χ0v) is 28.2. The largest absolute Gasteiger partial charge is 0.219 e. The van der Waals surface area contributed by atoms with Crippen LogP contribution >= 0.6 is 31.9 Å². The highest BCUT2D eigenvalue weighted by Gasteiger charge is 2.11. The summed E-state index contributed by atoms with van der Waals surface area (Å²) in [6.45, 7) is 0. The number of aromatic nitrogens is 6. The highest BCUT2D eigenvalue weighted by atomic mass is 79.9. The van der Waals surface area contributed by atoms with Crippen LogP contribution in [0.5, 0.6) is 0 Å². The van der Waals surface area contributed by atoms with Gasteiger partial charge in [-0.15, -0.1) is 10.2 Å². The first-order valence-electron chi connectivity index (χ1n) is 14.7. The summed E-state index contributed by atoms with van der Waals surface area (Å²) in [6, 6.07) is 43.3. The molecule has 228 valence electrons. The molecule has 0 aliphatic carbocycles. The second-order valence-corrected chi connectivity index (χ2v) is 12.4. The van der Waals surface area contributed by atoms with Crippen molar-refractivity contribution in [2.75, 3.05) is 0 Å². The van der Waals surface area contributed by atoms with Crippen LogP contribution in [-0.2, 0) is 0 Å². The van der Waals surface area contributed by atoms with Gasteiger partial charge in [0.05, 0.1) is 47.0 Å². The fourth-order valence-corrected chi connectivity index (χ4v) is 6.37. The molecule has 0 amide bonds. The Morgan fingerprint density at radius 3 is 1.23 bits per heavy atom. The van der Waals surface area contributed by atoms with Gasteiger partial charge in [-0.2, -0.15) is 10.5 Å². The third-order valence-corrected chi connectivity index (χ3v) is 9.17. The van der Waals surface area contributed by atoms with E-state index in [4.69, 9.17) is 10.5 Å². The lowest BCUT2D eigenvalue weighted by Crippen LogP contribution is -1.96. The van der Waals surface area contributed by atoms with Crippen molar-refractivity contribution in [1.29, 1.82) is 10.5 Å². The van der Waals surface area contributed by atoms with Crippen molar-refractivity contribution in [3.05, 3.63) is 154 Å². The maximum Gasteiger partial charge on any atom is 0.113 e. The van der Waals surface area contributed by atoms with E-state index in [1.807, 2.05) is 85.2 Å². The molecule has 48 heavy (non-hydrogen) atoms. The Labute approximate surface area is 292 Å². The molecule has 0 radical (unpaired) electrons. The summed E-state index contributed by atoms with van der Waals surface area (Å²) in [6.07, 6.45) is 3.80. The lowest BCUT2D eigenvalue weighted by Gasteiger charge is -2.06. The van der Waals surface area contributed by atoms with Crippen LogP contribution in [0.1, 0.15) is 11.1 Å². The van der Waals surface area contributed by atoms with Gasteiger partial charge in [0, 0.05) is 30.8 Å². The van der Waals surface area contributed by atoms with Crippen molar-refractivity contribution in [2.45, 2.75) is 0 Å². The number of benzene rings is 6. The molecule has 0 unspecified atom stereocenters. The van der Waals surface area contributed by atoms with Gasteiger partial charge in [-0.05, 0) is 59.3 Å². The van der Waals surface area contributed by atoms with E-state index >= 15 is 0 Å². The maximum absolute atomic E-state index is 8.89.